The van der Waals surface area contributed by atoms with Gasteiger partial charge in [0.15, 0.2) is 0 Å². The van der Waals surface area contributed by atoms with E-state index in [0.29, 0.717) is 26.1 Å². The Morgan fingerprint density at radius 2 is 1.72 bits per heavy atom. The molecule has 2 aliphatic heterocycles. The Kier molecular flexibility index (Phi) is 6.08. The van der Waals surface area contributed by atoms with Crippen molar-refractivity contribution in [2.45, 2.75) is 38.6 Å². The molecule has 2 heterocycles. The van der Waals surface area contributed by atoms with Gasteiger partial charge in [-0.2, -0.15) is 0 Å². The highest BCUT2D eigenvalue weighted by atomic mass is 16.2. The van der Waals surface area contributed by atoms with Crippen LogP contribution in [-0.2, 0) is 9.59 Å². The fraction of sp³-hybridized carbons (Fsp3) is 0.600. The summed E-state index contributed by atoms with van der Waals surface area (Å²) in [6.07, 6.45) is 4.40. The van der Waals surface area contributed by atoms with Crippen molar-refractivity contribution in [2.75, 3.05) is 39.3 Å². The van der Waals surface area contributed by atoms with E-state index >= 15 is 0 Å². The lowest BCUT2D eigenvalue weighted by atomic mass is 10.0. The average Bonchev–Trinajstić information content (AvgIpc) is 2.67. The number of piperazine rings is 1. The van der Waals surface area contributed by atoms with E-state index in [2.05, 4.69) is 4.90 Å². The lowest BCUT2D eigenvalue weighted by Gasteiger charge is -2.41. The van der Waals surface area contributed by atoms with Crippen molar-refractivity contribution >= 4 is 11.8 Å². The highest BCUT2D eigenvalue weighted by molar-refractivity contribution is 5.78. The summed E-state index contributed by atoms with van der Waals surface area (Å²) < 4.78 is 0. The van der Waals surface area contributed by atoms with E-state index in [1.54, 1.807) is 6.92 Å². The second kappa shape index (κ2) is 8.48. The van der Waals surface area contributed by atoms with Crippen molar-refractivity contribution in [2.24, 2.45) is 0 Å². The van der Waals surface area contributed by atoms with Crippen molar-refractivity contribution in [3.8, 4) is 0 Å². The van der Waals surface area contributed by atoms with Crippen LogP contribution in [0.4, 0.5) is 0 Å². The molecule has 0 aromatic heterocycles. The van der Waals surface area contributed by atoms with E-state index < -0.39 is 0 Å². The molecule has 0 spiro atoms. The summed E-state index contributed by atoms with van der Waals surface area (Å²) in [6, 6.07) is 10.0. The van der Waals surface area contributed by atoms with Crippen molar-refractivity contribution in [1.82, 2.24) is 14.7 Å². The molecule has 0 unspecified atom stereocenters. The Labute approximate surface area is 150 Å². The van der Waals surface area contributed by atoms with Gasteiger partial charge in [0, 0.05) is 39.5 Å². The molecular weight excluding hydrogens is 314 g/mol. The minimum atomic E-state index is -0.0358. The molecule has 0 bridgehead atoms. The summed E-state index contributed by atoms with van der Waals surface area (Å²) in [7, 11) is 0. The third-order valence-corrected chi connectivity index (χ3v) is 5.41. The standard InChI is InChI=1S/C20H29N3O2/c1-17(24)23-15-14-22(16-19(23)18-8-4-2-5-9-18)20(25)10-13-21-11-6-3-7-12-21/h2,4-5,8-9,19H,3,6-7,10-16H2,1H3/t19-/m0/s1. The van der Waals surface area contributed by atoms with Crippen LogP contribution in [0.5, 0.6) is 0 Å². The van der Waals surface area contributed by atoms with Crippen LogP contribution in [0.15, 0.2) is 30.3 Å². The number of hydrogen-bond donors (Lipinski definition) is 0. The summed E-state index contributed by atoms with van der Waals surface area (Å²) in [4.78, 5) is 30.9. The van der Waals surface area contributed by atoms with Gasteiger partial charge < -0.3 is 14.7 Å². The van der Waals surface area contributed by atoms with Gasteiger partial charge in [-0.3, -0.25) is 9.59 Å². The molecule has 0 N–H and O–H groups in total. The lowest BCUT2D eigenvalue weighted by Crippen LogP contribution is -2.52. The Morgan fingerprint density at radius 1 is 1.00 bits per heavy atom. The monoisotopic (exact) mass is 343 g/mol. The first kappa shape index (κ1) is 17.9. The van der Waals surface area contributed by atoms with Crippen LogP contribution in [0, 0.1) is 0 Å². The smallest absolute Gasteiger partial charge is 0.224 e. The zero-order valence-electron chi connectivity index (χ0n) is 15.2. The van der Waals surface area contributed by atoms with Gasteiger partial charge in [0.05, 0.1) is 6.04 Å². The van der Waals surface area contributed by atoms with Gasteiger partial charge in [-0.15, -0.1) is 0 Å². The van der Waals surface area contributed by atoms with Crippen LogP contribution in [0.2, 0.25) is 0 Å². The van der Waals surface area contributed by atoms with Crippen LogP contribution >= 0.6 is 0 Å². The molecule has 136 valence electrons. The molecule has 2 fully saturated rings. The second-order valence-electron chi connectivity index (χ2n) is 7.13. The van der Waals surface area contributed by atoms with Crippen molar-refractivity contribution in [3.05, 3.63) is 35.9 Å². The van der Waals surface area contributed by atoms with Crippen LogP contribution in [-0.4, -0.2) is 65.8 Å². The van der Waals surface area contributed by atoms with E-state index in [-0.39, 0.29) is 17.9 Å². The first-order valence-electron chi connectivity index (χ1n) is 9.47. The van der Waals surface area contributed by atoms with Crippen molar-refractivity contribution < 1.29 is 9.59 Å². The van der Waals surface area contributed by atoms with Gasteiger partial charge in [-0.25, -0.2) is 0 Å². The Balaban J connectivity index is 1.61. The summed E-state index contributed by atoms with van der Waals surface area (Å²) in [6.45, 7) is 6.58. The van der Waals surface area contributed by atoms with Crippen molar-refractivity contribution in [3.63, 3.8) is 0 Å². The highest BCUT2D eigenvalue weighted by Gasteiger charge is 2.31. The maximum Gasteiger partial charge on any atom is 0.224 e. The number of carbonyl (C=O) groups excluding carboxylic acids is 2. The third-order valence-electron chi connectivity index (χ3n) is 5.41. The normalized spacial score (nSPS) is 22.0. The summed E-state index contributed by atoms with van der Waals surface area (Å²) in [5, 5.41) is 0. The molecule has 1 aromatic rings. The molecule has 3 rings (SSSR count). The fourth-order valence-corrected chi connectivity index (χ4v) is 3.94. The Bertz CT molecular complexity index is 584. The van der Waals surface area contributed by atoms with E-state index in [1.165, 1.54) is 19.3 Å². The van der Waals surface area contributed by atoms with Gasteiger partial charge in [0.1, 0.15) is 0 Å². The van der Waals surface area contributed by atoms with Crippen LogP contribution in [0.3, 0.4) is 0 Å². The SMILES string of the molecule is CC(=O)N1CCN(C(=O)CCN2CCCCC2)C[C@H]1c1ccccc1. The van der Waals surface area contributed by atoms with Gasteiger partial charge in [0.25, 0.3) is 0 Å². The average molecular weight is 343 g/mol. The molecule has 0 radical (unpaired) electrons. The molecule has 0 saturated carbocycles. The van der Waals surface area contributed by atoms with Crippen LogP contribution in [0.1, 0.15) is 44.2 Å². The number of piperidine rings is 1. The fourth-order valence-electron chi connectivity index (χ4n) is 3.94. The molecule has 1 atom stereocenters. The van der Waals surface area contributed by atoms with Crippen LogP contribution in [0.25, 0.3) is 0 Å². The van der Waals surface area contributed by atoms with E-state index in [9.17, 15) is 9.59 Å². The van der Waals surface area contributed by atoms with E-state index in [1.807, 2.05) is 40.1 Å². The minimum absolute atomic E-state index is 0.0358. The largest absolute Gasteiger partial charge is 0.338 e. The summed E-state index contributed by atoms with van der Waals surface area (Å²) >= 11 is 0. The molecule has 5 heteroatoms. The highest BCUT2D eigenvalue weighted by Crippen LogP contribution is 2.26. The first-order chi connectivity index (χ1) is 12.1. The number of rotatable bonds is 4. The van der Waals surface area contributed by atoms with E-state index in [0.717, 1.165) is 25.2 Å². The molecule has 0 aliphatic carbocycles. The topological polar surface area (TPSA) is 43.9 Å². The summed E-state index contributed by atoms with van der Waals surface area (Å²) in [5.74, 6) is 0.295. The van der Waals surface area contributed by atoms with Gasteiger partial charge in [-0.1, -0.05) is 36.8 Å². The zero-order valence-corrected chi connectivity index (χ0v) is 15.2. The minimum Gasteiger partial charge on any atom is -0.338 e. The maximum absolute atomic E-state index is 12.7. The quantitative estimate of drug-likeness (QED) is 0.842. The molecule has 2 aliphatic rings. The molecule has 5 nitrogen and oxygen atoms in total. The van der Waals surface area contributed by atoms with Crippen molar-refractivity contribution in [1.29, 1.82) is 0 Å². The van der Waals surface area contributed by atoms with Gasteiger partial charge >= 0.3 is 0 Å². The molecule has 2 amide bonds. The number of carbonyl (C=O) groups is 2. The number of hydrogen-bond acceptors (Lipinski definition) is 3. The third kappa shape index (κ3) is 4.60. The second-order valence-corrected chi connectivity index (χ2v) is 7.13. The maximum atomic E-state index is 12.7. The first-order valence-corrected chi connectivity index (χ1v) is 9.47. The van der Waals surface area contributed by atoms with Crippen LogP contribution < -0.4 is 0 Å². The summed E-state index contributed by atoms with van der Waals surface area (Å²) in [5.41, 5.74) is 1.10. The number of nitrogens with zero attached hydrogens (tertiary/aromatic N) is 3. The molecular formula is C20H29N3O2. The van der Waals surface area contributed by atoms with Gasteiger partial charge in [-0.05, 0) is 31.5 Å². The predicted octanol–water partition coefficient (Wildman–Crippen LogP) is 2.29. The molecule has 1 aromatic carbocycles. The number of amides is 2. The Hall–Kier alpha value is -1.88. The number of likely N-dealkylation sites (tertiary alicyclic amines) is 1. The Morgan fingerprint density at radius 3 is 2.40 bits per heavy atom. The lowest BCUT2D eigenvalue weighted by molar-refractivity contribution is -0.142. The molecule has 2 saturated heterocycles. The number of benzene rings is 1. The predicted molar refractivity (Wildman–Crippen MR) is 98.1 cm³/mol. The zero-order chi connectivity index (χ0) is 17.6. The molecule has 25 heavy (non-hydrogen) atoms. The van der Waals surface area contributed by atoms with E-state index in [4.69, 9.17) is 0 Å². The van der Waals surface area contributed by atoms with Gasteiger partial charge in [0.2, 0.25) is 11.8 Å².